The van der Waals surface area contributed by atoms with Crippen LogP contribution in [0.15, 0.2) is 158 Å². The Morgan fingerprint density at radius 2 is 0.753 bits per heavy atom. The molecule has 8 heteroatoms. The molecule has 0 unspecified atom stereocenters. The quantitative estimate of drug-likeness (QED) is 0.157. The van der Waals surface area contributed by atoms with E-state index in [-0.39, 0.29) is 21.7 Å². The SMILES string of the molecule is CC(C)(C)c1ccc(-c2nc(-c3ccc(C(C)(C)C)cc3)nc(-c3ccc4c(c3)c3ccccc3n4-c3ccc(C#N)cc3-c3nc(-c4cccc(C(C)(C)C)c4)nc(-c4cccc(C(C)(C)C)c4)n3)n2)cc1. The van der Waals surface area contributed by atoms with Crippen molar-refractivity contribution in [1.29, 1.82) is 5.26 Å². The van der Waals surface area contributed by atoms with Crippen LogP contribution in [0, 0.1) is 11.3 Å². The van der Waals surface area contributed by atoms with Crippen molar-refractivity contribution >= 4 is 21.8 Å². The smallest absolute Gasteiger partial charge is 0.166 e. The largest absolute Gasteiger partial charge is 0.308 e. The number of nitriles is 1. The lowest BCUT2D eigenvalue weighted by molar-refractivity contribution is 0.590. The molecule has 0 radical (unpaired) electrons. The standard InChI is InChI=1S/C65H62N8/c1-62(2,3)46-29-24-41(25-30-46)56-67-57(42-26-31-47(32-27-42)63(4,5)6)69-60(68-56)45-28-34-54-51(38-45)50-21-13-14-22-53(50)73(54)55-33-23-40(39-66)35-52(55)61-71-58(43-17-15-19-48(36-43)64(7,8)9)70-59(72-61)44-18-16-20-49(37-44)65(10,11)12/h13-38H,1-12H3. The van der Waals surface area contributed by atoms with Gasteiger partial charge in [-0.3, -0.25) is 0 Å². The third-order valence-corrected chi connectivity index (χ3v) is 13.8. The Kier molecular flexibility index (Phi) is 12.1. The van der Waals surface area contributed by atoms with Gasteiger partial charge in [0.2, 0.25) is 0 Å². The first kappa shape index (κ1) is 48.5. The summed E-state index contributed by atoms with van der Waals surface area (Å²) >= 11 is 0. The molecule has 0 aliphatic rings. The second-order valence-corrected chi connectivity index (χ2v) is 23.4. The van der Waals surface area contributed by atoms with Crippen LogP contribution in [-0.4, -0.2) is 34.5 Å². The first-order valence-electron chi connectivity index (χ1n) is 25.2. The fraction of sp³-hybridized carbons (Fsp3) is 0.246. The molecule has 362 valence electrons. The molecule has 0 bridgehead atoms. The molecule has 0 saturated heterocycles. The van der Waals surface area contributed by atoms with Crippen LogP contribution < -0.4 is 0 Å². The van der Waals surface area contributed by atoms with Gasteiger partial charge in [0, 0.05) is 44.2 Å². The predicted octanol–water partition coefficient (Wildman–Crippen LogP) is 16.2. The molecule has 0 N–H and O–H groups in total. The molecule has 7 aromatic carbocycles. The van der Waals surface area contributed by atoms with E-state index in [2.05, 4.69) is 233 Å². The van der Waals surface area contributed by atoms with E-state index in [1.807, 2.05) is 18.2 Å². The van der Waals surface area contributed by atoms with Crippen LogP contribution in [0.25, 0.3) is 95.8 Å². The van der Waals surface area contributed by atoms with E-state index in [4.69, 9.17) is 29.9 Å². The topological polar surface area (TPSA) is 106 Å². The van der Waals surface area contributed by atoms with E-state index < -0.39 is 0 Å². The van der Waals surface area contributed by atoms with Crippen molar-refractivity contribution in [2.24, 2.45) is 0 Å². The van der Waals surface area contributed by atoms with Crippen molar-refractivity contribution in [3.05, 3.63) is 186 Å². The molecule has 3 aromatic heterocycles. The Labute approximate surface area is 430 Å². The van der Waals surface area contributed by atoms with Gasteiger partial charge >= 0.3 is 0 Å². The lowest BCUT2D eigenvalue weighted by Crippen LogP contribution is -2.11. The highest BCUT2D eigenvalue weighted by Gasteiger charge is 2.24. The van der Waals surface area contributed by atoms with Crippen molar-refractivity contribution in [1.82, 2.24) is 34.5 Å². The lowest BCUT2D eigenvalue weighted by Gasteiger charge is -2.20. The van der Waals surface area contributed by atoms with Crippen molar-refractivity contribution in [3.8, 4) is 80.1 Å². The van der Waals surface area contributed by atoms with E-state index in [1.54, 1.807) is 0 Å². The fourth-order valence-electron chi connectivity index (χ4n) is 9.36. The number of hydrogen-bond donors (Lipinski definition) is 0. The van der Waals surface area contributed by atoms with Crippen molar-refractivity contribution in [2.45, 2.75) is 105 Å². The van der Waals surface area contributed by atoms with Crippen molar-refractivity contribution < 1.29 is 0 Å². The number of hydrogen-bond acceptors (Lipinski definition) is 7. The maximum Gasteiger partial charge on any atom is 0.166 e. The van der Waals surface area contributed by atoms with Gasteiger partial charge in [0.05, 0.1) is 28.4 Å². The van der Waals surface area contributed by atoms with Gasteiger partial charge in [-0.05, 0) is 98.5 Å². The molecule has 0 saturated carbocycles. The third kappa shape index (κ3) is 9.68. The summed E-state index contributed by atoms with van der Waals surface area (Å²) in [6.07, 6.45) is 0. The van der Waals surface area contributed by atoms with E-state index in [0.29, 0.717) is 46.1 Å². The lowest BCUT2D eigenvalue weighted by atomic mass is 9.86. The van der Waals surface area contributed by atoms with Crippen LogP contribution in [0.4, 0.5) is 0 Å². The van der Waals surface area contributed by atoms with Crippen LogP contribution in [0.3, 0.4) is 0 Å². The Bertz CT molecular complexity index is 3620. The van der Waals surface area contributed by atoms with Gasteiger partial charge in [0.1, 0.15) is 0 Å². The molecule has 10 aromatic rings. The van der Waals surface area contributed by atoms with Gasteiger partial charge in [-0.15, -0.1) is 0 Å². The van der Waals surface area contributed by atoms with E-state index in [0.717, 1.165) is 55.3 Å². The molecule has 0 aliphatic carbocycles. The normalized spacial score (nSPS) is 12.4. The van der Waals surface area contributed by atoms with Crippen LogP contribution in [0.2, 0.25) is 0 Å². The summed E-state index contributed by atoms with van der Waals surface area (Å²) < 4.78 is 2.26. The molecule has 8 nitrogen and oxygen atoms in total. The maximum atomic E-state index is 10.4. The van der Waals surface area contributed by atoms with Gasteiger partial charge < -0.3 is 4.57 Å². The average molecular weight is 955 g/mol. The van der Waals surface area contributed by atoms with Crippen LogP contribution in [-0.2, 0) is 21.7 Å². The van der Waals surface area contributed by atoms with Crippen LogP contribution in [0.1, 0.15) is 111 Å². The highest BCUT2D eigenvalue weighted by atomic mass is 15.1. The minimum Gasteiger partial charge on any atom is -0.308 e. The van der Waals surface area contributed by atoms with Gasteiger partial charge in [-0.1, -0.05) is 186 Å². The van der Waals surface area contributed by atoms with E-state index in [9.17, 15) is 5.26 Å². The zero-order valence-electron chi connectivity index (χ0n) is 44.1. The predicted molar refractivity (Wildman–Crippen MR) is 300 cm³/mol. The highest BCUT2D eigenvalue weighted by Crippen LogP contribution is 2.40. The van der Waals surface area contributed by atoms with E-state index in [1.165, 1.54) is 22.3 Å². The van der Waals surface area contributed by atoms with Crippen LogP contribution >= 0.6 is 0 Å². The Balaban J connectivity index is 1.17. The highest BCUT2D eigenvalue weighted by molar-refractivity contribution is 6.11. The van der Waals surface area contributed by atoms with Crippen molar-refractivity contribution in [3.63, 3.8) is 0 Å². The first-order valence-corrected chi connectivity index (χ1v) is 25.2. The molecule has 0 aliphatic heterocycles. The summed E-state index contributed by atoms with van der Waals surface area (Å²) in [6, 6.07) is 57.1. The molecule has 0 fully saturated rings. The maximum absolute atomic E-state index is 10.4. The molecular formula is C65H62N8. The summed E-state index contributed by atoms with van der Waals surface area (Å²) in [5.74, 6) is 3.37. The fourth-order valence-corrected chi connectivity index (χ4v) is 9.36. The van der Waals surface area contributed by atoms with Gasteiger partial charge in [-0.25, -0.2) is 29.9 Å². The summed E-state index contributed by atoms with van der Waals surface area (Å²) in [4.78, 5) is 31.3. The zero-order chi connectivity index (χ0) is 51.6. The Morgan fingerprint density at radius 3 is 1.22 bits per heavy atom. The number of rotatable bonds is 7. The second kappa shape index (κ2) is 18.2. The first-order chi connectivity index (χ1) is 34.6. The molecule has 3 heterocycles. The molecular weight excluding hydrogens is 893 g/mol. The number of fused-ring (bicyclic) bond motifs is 3. The molecule has 10 rings (SSSR count). The number of aromatic nitrogens is 7. The Hall–Kier alpha value is -8.15. The summed E-state index contributed by atoms with van der Waals surface area (Å²) in [6.45, 7) is 26.6. The van der Waals surface area contributed by atoms with Gasteiger partial charge in [0.15, 0.2) is 34.9 Å². The molecule has 0 atom stereocenters. The van der Waals surface area contributed by atoms with Gasteiger partial charge in [0.25, 0.3) is 0 Å². The molecule has 73 heavy (non-hydrogen) atoms. The second-order valence-electron chi connectivity index (χ2n) is 23.4. The number of benzene rings is 7. The number of nitrogens with zero attached hydrogens (tertiary/aromatic N) is 8. The van der Waals surface area contributed by atoms with E-state index >= 15 is 0 Å². The monoisotopic (exact) mass is 955 g/mol. The molecule has 0 amide bonds. The molecule has 0 spiro atoms. The zero-order valence-corrected chi connectivity index (χ0v) is 44.1. The van der Waals surface area contributed by atoms with Crippen LogP contribution in [0.5, 0.6) is 0 Å². The average Bonchev–Trinajstić information content (AvgIpc) is 3.71. The third-order valence-electron chi connectivity index (χ3n) is 13.8. The van der Waals surface area contributed by atoms with Gasteiger partial charge in [-0.2, -0.15) is 5.26 Å². The summed E-state index contributed by atoms with van der Waals surface area (Å²) in [7, 11) is 0. The van der Waals surface area contributed by atoms with Crippen molar-refractivity contribution in [2.75, 3.05) is 0 Å². The number of para-hydroxylation sites is 1. The summed E-state index contributed by atoms with van der Waals surface area (Å²) in [5.41, 5.74) is 13.1. The minimum atomic E-state index is -0.0920. The summed E-state index contributed by atoms with van der Waals surface area (Å²) in [5, 5.41) is 12.5. The minimum absolute atomic E-state index is 0.00432. The Morgan fingerprint density at radius 1 is 0.342 bits per heavy atom.